The van der Waals surface area contributed by atoms with Crippen molar-refractivity contribution < 1.29 is 8.42 Å². The second-order valence-electron chi connectivity index (χ2n) is 5.08. The SMILES string of the molecule is O=S(=O)(Nc1ccn(Cc2ccc(Br)cc2)n1)c1ccc(Cl)cc1. The highest BCUT2D eigenvalue weighted by atomic mass is 79.9. The van der Waals surface area contributed by atoms with Crippen molar-refractivity contribution in [3.63, 3.8) is 0 Å². The highest BCUT2D eigenvalue weighted by Crippen LogP contribution is 2.17. The third-order valence-corrected chi connectivity index (χ3v) is 5.41. The fraction of sp³-hybridized carbons (Fsp3) is 0.0625. The van der Waals surface area contributed by atoms with Crippen LogP contribution in [0.1, 0.15) is 5.56 Å². The summed E-state index contributed by atoms with van der Waals surface area (Å²) in [5, 5.41) is 4.72. The van der Waals surface area contributed by atoms with E-state index < -0.39 is 10.0 Å². The number of hydrogen-bond donors (Lipinski definition) is 1. The number of aromatic nitrogens is 2. The molecule has 1 aromatic heterocycles. The van der Waals surface area contributed by atoms with Crippen LogP contribution in [0.4, 0.5) is 5.82 Å². The van der Waals surface area contributed by atoms with E-state index in [1.807, 2.05) is 24.3 Å². The highest BCUT2D eigenvalue weighted by molar-refractivity contribution is 9.10. The van der Waals surface area contributed by atoms with E-state index in [-0.39, 0.29) is 10.7 Å². The summed E-state index contributed by atoms with van der Waals surface area (Å²) in [6.07, 6.45) is 1.72. The first kappa shape index (κ1) is 17.0. The zero-order valence-corrected chi connectivity index (χ0v) is 15.5. The number of anilines is 1. The van der Waals surface area contributed by atoms with Crippen molar-refractivity contribution in [2.24, 2.45) is 0 Å². The summed E-state index contributed by atoms with van der Waals surface area (Å²) in [6.45, 7) is 0.552. The van der Waals surface area contributed by atoms with Crippen LogP contribution in [0.15, 0.2) is 70.2 Å². The first-order valence-corrected chi connectivity index (χ1v) is 9.64. The lowest BCUT2D eigenvalue weighted by Gasteiger charge is -2.06. The average molecular weight is 427 g/mol. The maximum Gasteiger partial charge on any atom is 0.263 e. The summed E-state index contributed by atoms with van der Waals surface area (Å²) < 4.78 is 29.8. The Kier molecular flexibility index (Phi) is 4.93. The summed E-state index contributed by atoms with van der Waals surface area (Å²) in [7, 11) is -3.69. The van der Waals surface area contributed by atoms with Crippen molar-refractivity contribution in [3.05, 3.63) is 75.9 Å². The fourth-order valence-corrected chi connectivity index (χ4v) is 3.48. The summed E-state index contributed by atoms with van der Waals surface area (Å²) >= 11 is 9.17. The van der Waals surface area contributed by atoms with E-state index in [2.05, 4.69) is 25.8 Å². The van der Waals surface area contributed by atoms with Crippen LogP contribution in [-0.2, 0) is 16.6 Å². The molecule has 24 heavy (non-hydrogen) atoms. The van der Waals surface area contributed by atoms with Gasteiger partial charge in [-0.2, -0.15) is 5.10 Å². The molecule has 0 bridgehead atoms. The molecule has 0 saturated heterocycles. The Labute approximate surface area is 153 Å². The van der Waals surface area contributed by atoms with Gasteiger partial charge < -0.3 is 0 Å². The maximum absolute atomic E-state index is 12.3. The van der Waals surface area contributed by atoms with Gasteiger partial charge in [-0.25, -0.2) is 8.42 Å². The second-order valence-corrected chi connectivity index (χ2v) is 8.12. The molecule has 0 unspecified atom stereocenters. The van der Waals surface area contributed by atoms with Crippen molar-refractivity contribution in [1.82, 2.24) is 9.78 Å². The lowest BCUT2D eigenvalue weighted by Crippen LogP contribution is -2.13. The minimum Gasteiger partial charge on any atom is -0.266 e. The summed E-state index contributed by atoms with van der Waals surface area (Å²) in [4.78, 5) is 0.134. The van der Waals surface area contributed by atoms with Crippen LogP contribution in [0.5, 0.6) is 0 Å². The molecular weight excluding hydrogens is 414 g/mol. The normalized spacial score (nSPS) is 11.4. The van der Waals surface area contributed by atoms with Gasteiger partial charge >= 0.3 is 0 Å². The molecule has 0 saturated carbocycles. The zero-order chi connectivity index (χ0) is 17.2. The van der Waals surface area contributed by atoms with Gasteiger partial charge in [-0.15, -0.1) is 0 Å². The molecule has 1 heterocycles. The molecule has 3 aromatic rings. The van der Waals surface area contributed by atoms with Crippen LogP contribution in [0.2, 0.25) is 5.02 Å². The van der Waals surface area contributed by atoms with Crippen LogP contribution in [0, 0.1) is 0 Å². The van der Waals surface area contributed by atoms with Gasteiger partial charge in [-0.1, -0.05) is 39.7 Å². The van der Waals surface area contributed by atoms with Gasteiger partial charge in [0.15, 0.2) is 5.82 Å². The lowest BCUT2D eigenvalue weighted by atomic mass is 10.2. The number of sulfonamides is 1. The van der Waals surface area contributed by atoms with E-state index in [1.54, 1.807) is 16.9 Å². The van der Waals surface area contributed by atoms with Gasteiger partial charge in [0.05, 0.1) is 11.4 Å². The molecule has 0 aliphatic heterocycles. The Bertz CT molecular complexity index is 938. The highest BCUT2D eigenvalue weighted by Gasteiger charge is 2.15. The molecule has 0 spiro atoms. The van der Waals surface area contributed by atoms with Crippen LogP contribution in [0.3, 0.4) is 0 Å². The van der Waals surface area contributed by atoms with E-state index in [4.69, 9.17) is 11.6 Å². The molecule has 0 amide bonds. The lowest BCUT2D eigenvalue weighted by molar-refractivity contribution is 0.600. The topological polar surface area (TPSA) is 64.0 Å². The Balaban J connectivity index is 1.73. The summed E-state index contributed by atoms with van der Waals surface area (Å²) in [5.41, 5.74) is 1.06. The van der Waals surface area contributed by atoms with Crippen molar-refractivity contribution in [3.8, 4) is 0 Å². The van der Waals surface area contributed by atoms with E-state index in [1.165, 1.54) is 24.3 Å². The molecule has 0 radical (unpaired) electrons. The first-order chi connectivity index (χ1) is 11.4. The largest absolute Gasteiger partial charge is 0.266 e. The molecule has 0 aliphatic carbocycles. The van der Waals surface area contributed by atoms with Crippen molar-refractivity contribution in [1.29, 1.82) is 0 Å². The van der Waals surface area contributed by atoms with Gasteiger partial charge in [0.25, 0.3) is 10.0 Å². The van der Waals surface area contributed by atoms with Gasteiger partial charge in [-0.05, 0) is 42.0 Å². The monoisotopic (exact) mass is 425 g/mol. The van der Waals surface area contributed by atoms with E-state index in [0.29, 0.717) is 11.6 Å². The van der Waals surface area contributed by atoms with Crippen LogP contribution in [0.25, 0.3) is 0 Å². The molecule has 0 aliphatic rings. The smallest absolute Gasteiger partial charge is 0.263 e. The van der Waals surface area contributed by atoms with Crippen molar-refractivity contribution >= 4 is 43.4 Å². The van der Waals surface area contributed by atoms with E-state index in [9.17, 15) is 8.42 Å². The van der Waals surface area contributed by atoms with Crippen LogP contribution >= 0.6 is 27.5 Å². The maximum atomic E-state index is 12.3. The summed E-state index contributed by atoms with van der Waals surface area (Å²) in [6, 6.07) is 15.4. The average Bonchev–Trinajstić information content (AvgIpc) is 2.96. The third kappa shape index (κ3) is 4.17. The molecule has 3 rings (SSSR count). The minimum atomic E-state index is -3.69. The van der Waals surface area contributed by atoms with Crippen LogP contribution < -0.4 is 4.72 Å². The van der Waals surface area contributed by atoms with Crippen molar-refractivity contribution in [2.45, 2.75) is 11.4 Å². The fourth-order valence-electron chi connectivity index (χ4n) is 2.09. The number of rotatable bonds is 5. The van der Waals surface area contributed by atoms with Gasteiger partial charge in [-0.3, -0.25) is 9.40 Å². The van der Waals surface area contributed by atoms with Crippen molar-refractivity contribution in [2.75, 3.05) is 4.72 Å². The van der Waals surface area contributed by atoms with E-state index in [0.717, 1.165) is 10.0 Å². The van der Waals surface area contributed by atoms with Crippen LogP contribution in [-0.4, -0.2) is 18.2 Å². The predicted molar refractivity (Wildman–Crippen MR) is 97.7 cm³/mol. The quantitative estimate of drug-likeness (QED) is 0.666. The number of nitrogens with one attached hydrogen (secondary N) is 1. The predicted octanol–water partition coefficient (Wildman–Crippen LogP) is 4.15. The molecular formula is C16H13BrClN3O2S. The molecule has 124 valence electrons. The van der Waals surface area contributed by atoms with Gasteiger partial charge in [0.2, 0.25) is 0 Å². The first-order valence-electron chi connectivity index (χ1n) is 6.99. The number of hydrogen-bond acceptors (Lipinski definition) is 3. The Morgan fingerprint density at radius 1 is 1.04 bits per heavy atom. The molecule has 2 aromatic carbocycles. The third-order valence-electron chi connectivity index (χ3n) is 3.26. The minimum absolute atomic E-state index is 0.134. The second kappa shape index (κ2) is 6.96. The number of nitrogens with zero attached hydrogens (tertiary/aromatic N) is 2. The number of halogens is 2. The van der Waals surface area contributed by atoms with Gasteiger partial charge in [0.1, 0.15) is 0 Å². The summed E-state index contributed by atoms with van der Waals surface area (Å²) in [5.74, 6) is 0.266. The molecule has 5 nitrogen and oxygen atoms in total. The Morgan fingerprint density at radius 2 is 1.71 bits per heavy atom. The zero-order valence-electron chi connectivity index (χ0n) is 12.4. The molecule has 1 N–H and O–H groups in total. The Hall–Kier alpha value is -1.83. The molecule has 0 atom stereocenters. The van der Waals surface area contributed by atoms with E-state index >= 15 is 0 Å². The Morgan fingerprint density at radius 3 is 2.38 bits per heavy atom. The van der Waals surface area contributed by atoms with Gasteiger partial charge in [0, 0.05) is 21.8 Å². The molecule has 0 fully saturated rings. The molecule has 8 heteroatoms. The standard InChI is InChI=1S/C16H13BrClN3O2S/c17-13-3-1-12(2-4-13)11-21-10-9-16(19-21)20-24(22,23)15-7-5-14(18)6-8-15/h1-10H,11H2,(H,19,20). The number of benzene rings is 2.